The van der Waals surface area contributed by atoms with E-state index in [1.54, 1.807) is 0 Å². The number of hydrogen-bond acceptors (Lipinski definition) is 3. The zero-order valence-corrected chi connectivity index (χ0v) is 12.9. The van der Waals surface area contributed by atoms with Crippen LogP contribution in [-0.4, -0.2) is 44.2 Å². The van der Waals surface area contributed by atoms with E-state index in [1.165, 1.54) is 12.1 Å². The second-order valence-electron chi connectivity index (χ2n) is 6.02. The predicted octanol–water partition coefficient (Wildman–Crippen LogP) is 1.36. The number of benzene rings is 1. The van der Waals surface area contributed by atoms with Crippen molar-refractivity contribution in [3.63, 3.8) is 0 Å². The average Bonchev–Trinajstić information content (AvgIpc) is 2.77. The third-order valence-electron chi connectivity index (χ3n) is 4.31. The Balaban J connectivity index is 2.02. The maximum atomic E-state index is 14.1. The van der Waals surface area contributed by atoms with Gasteiger partial charge in [0.2, 0.25) is 15.9 Å². The number of hydrogen-bond donors (Lipinski definition) is 1. The van der Waals surface area contributed by atoms with Gasteiger partial charge in [-0.1, -0.05) is 12.1 Å². The Morgan fingerprint density at radius 2 is 1.87 bits per heavy atom. The van der Waals surface area contributed by atoms with Gasteiger partial charge in [0.05, 0.1) is 12.0 Å². The van der Waals surface area contributed by atoms with E-state index in [1.807, 2.05) is 0 Å². The van der Waals surface area contributed by atoms with Crippen molar-refractivity contribution in [2.75, 3.05) is 19.6 Å². The molecule has 0 aromatic heterocycles. The van der Waals surface area contributed by atoms with Crippen LogP contribution < -0.4 is 5.32 Å². The minimum atomic E-state index is -4.45. The first kappa shape index (κ1) is 16.3. The van der Waals surface area contributed by atoms with Crippen LogP contribution in [0.2, 0.25) is 0 Å². The molecule has 1 spiro atoms. The third-order valence-corrected chi connectivity index (χ3v) is 6.13. The molecule has 2 aliphatic rings. The fraction of sp³-hybridized carbons (Fsp3) is 0.500. The number of halogens is 3. The Morgan fingerprint density at radius 3 is 2.48 bits per heavy atom. The standard InChI is InChI=1S/C14H15F3N2O3S/c15-10-3-1-2-4-11(10)23(21,22)19-8-13(5-6-18-12(13)20)7-14(16,17)9-19/h1-4H,5-9H2,(H,18,20). The Kier molecular flexibility index (Phi) is 3.68. The molecule has 5 nitrogen and oxygen atoms in total. The SMILES string of the molecule is O=C1NCCC12CN(S(=O)(=O)c1ccccc1F)CC(F)(F)C2. The number of alkyl halides is 2. The van der Waals surface area contributed by atoms with Crippen LogP contribution in [-0.2, 0) is 14.8 Å². The Bertz CT molecular complexity index is 753. The molecule has 0 bridgehead atoms. The lowest BCUT2D eigenvalue weighted by Gasteiger charge is -2.41. The summed E-state index contributed by atoms with van der Waals surface area (Å²) in [5, 5.41) is 2.47. The van der Waals surface area contributed by atoms with Crippen molar-refractivity contribution in [3.8, 4) is 0 Å². The summed E-state index contributed by atoms with van der Waals surface area (Å²) >= 11 is 0. The predicted molar refractivity (Wildman–Crippen MR) is 74.8 cm³/mol. The highest BCUT2D eigenvalue weighted by Crippen LogP contribution is 2.44. The van der Waals surface area contributed by atoms with Crippen LogP contribution in [0.4, 0.5) is 13.2 Å². The van der Waals surface area contributed by atoms with Gasteiger partial charge in [-0.15, -0.1) is 0 Å². The van der Waals surface area contributed by atoms with Gasteiger partial charge in [0.25, 0.3) is 5.92 Å². The summed E-state index contributed by atoms with van der Waals surface area (Å²) < 4.78 is 67.6. The number of carbonyl (C=O) groups is 1. The quantitative estimate of drug-likeness (QED) is 0.878. The summed E-state index contributed by atoms with van der Waals surface area (Å²) in [6.45, 7) is -1.20. The Hall–Kier alpha value is -1.61. The van der Waals surface area contributed by atoms with Gasteiger partial charge in [0.15, 0.2) is 0 Å². The average molecular weight is 348 g/mol. The fourth-order valence-electron chi connectivity index (χ4n) is 3.26. The molecular formula is C14H15F3N2O3S. The van der Waals surface area contributed by atoms with Gasteiger partial charge in [-0.3, -0.25) is 4.79 Å². The van der Waals surface area contributed by atoms with E-state index in [9.17, 15) is 26.4 Å². The number of rotatable bonds is 2. The molecule has 1 unspecified atom stereocenters. The minimum absolute atomic E-state index is 0.130. The second-order valence-corrected chi connectivity index (χ2v) is 7.93. The van der Waals surface area contributed by atoms with Crippen molar-refractivity contribution in [2.45, 2.75) is 23.7 Å². The van der Waals surface area contributed by atoms with Crippen molar-refractivity contribution < 1.29 is 26.4 Å². The largest absolute Gasteiger partial charge is 0.356 e. The second kappa shape index (κ2) is 5.20. The summed E-state index contributed by atoms with van der Waals surface area (Å²) in [7, 11) is -4.45. The van der Waals surface area contributed by atoms with Crippen molar-refractivity contribution in [1.82, 2.24) is 9.62 Å². The van der Waals surface area contributed by atoms with E-state index in [0.29, 0.717) is 4.31 Å². The van der Waals surface area contributed by atoms with E-state index in [0.717, 1.165) is 12.1 Å². The van der Waals surface area contributed by atoms with Crippen LogP contribution in [0.3, 0.4) is 0 Å². The highest BCUT2D eigenvalue weighted by molar-refractivity contribution is 7.89. The molecule has 2 fully saturated rings. The molecule has 1 amide bonds. The molecule has 2 aliphatic heterocycles. The molecule has 1 atom stereocenters. The van der Waals surface area contributed by atoms with Gasteiger partial charge in [-0.2, -0.15) is 4.31 Å². The normalized spacial score (nSPS) is 28.0. The van der Waals surface area contributed by atoms with E-state index >= 15 is 0 Å². The first-order chi connectivity index (χ1) is 10.7. The topological polar surface area (TPSA) is 66.5 Å². The molecule has 0 saturated carbocycles. The highest BCUT2D eigenvalue weighted by Gasteiger charge is 2.57. The van der Waals surface area contributed by atoms with E-state index in [2.05, 4.69) is 5.32 Å². The number of nitrogens with zero attached hydrogens (tertiary/aromatic N) is 1. The molecule has 1 aromatic carbocycles. The van der Waals surface area contributed by atoms with Crippen molar-refractivity contribution in [3.05, 3.63) is 30.1 Å². The summed E-state index contributed by atoms with van der Waals surface area (Å²) in [6.07, 6.45) is -0.570. The van der Waals surface area contributed by atoms with Gasteiger partial charge >= 0.3 is 0 Å². The molecule has 1 N–H and O–H groups in total. The number of piperidine rings is 1. The van der Waals surface area contributed by atoms with Gasteiger partial charge in [0.1, 0.15) is 10.7 Å². The van der Waals surface area contributed by atoms with E-state index < -0.39 is 50.9 Å². The Labute approximate surface area is 131 Å². The van der Waals surface area contributed by atoms with Gasteiger partial charge in [-0.05, 0) is 18.6 Å². The minimum Gasteiger partial charge on any atom is -0.356 e. The lowest BCUT2D eigenvalue weighted by atomic mass is 9.78. The number of carbonyl (C=O) groups excluding carboxylic acids is 1. The van der Waals surface area contributed by atoms with Crippen LogP contribution in [0.5, 0.6) is 0 Å². The molecule has 126 valence electrons. The molecule has 9 heteroatoms. The maximum absolute atomic E-state index is 14.1. The molecule has 2 saturated heterocycles. The Morgan fingerprint density at radius 1 is 1.17 bits per heavy atom. The summed E-state index contributed by atoms with van der Waals surface area (Å²) in [5.41, 5.74) is -1.46. The third kappa shape index (κ3) is 2.72. The molecule has 1 aromatic rings. The van der Waals surface area contributed by atoms with E-state index in [-0.39, 0.29) is 19.5 Å². The van der Waals surface area contributed by atoms with Gasteiger partial charge < -0.3 is 5.32 Å². The first-order valence-corrected chi connectivity index (χ1v) is 8.51. The fourth-order valence-corrected chi connectivity index (χ4v) is 4.88. The van der Waals surface area contributed by atoms with Crippen LogP contribution in [0, 0.1) is 11.2 Å². The molecule has 2 heterocycles. The molecule has 0 aliphatic carbocycles. The molecule has 23 heavy (non-hydrogen) atoms. The molecule has 0 radical (unpaired) electrons. The number of amides is 1. The van der Waals surface area contributed by atoms with Crippen LogP contribution >= 0.6 is 0 Å². The lowest BCUT2D eigenvalue weighted by Crippen LogP contribution is -2.56. The van der Waals surface area contributed by atoms with Crippen molar-refractivity contribution in [1.29, 1.82) is 0 Å². The molecular weight excluding hydrogens is 333 g/mol. The smallest absolute Gasteiger partial charge is 0.262 e. The van der Waals surface area contributed by atoms with Gasteiger partial charge in [0, 0.05) is 19.5 Å². The zero-order valence-electron chi connectivity index (χ0n) is 12.1. The van der Waals surface area contributed by atoms with Crippen molar-refractivity contribution >= 4 is 15.9 Å². The number of nitrogens with one attached hydrogen (secondary N) is 1. The lowest BCUT2D eigenvalue weighted by molar-refractivity contribution is -0.142. The monoisotopic (exact) mass is 348 g/mol. The van der Waals surface area contributed by atoms with Crippen LogP contribution in [0.15, 0.2) is 29.2 Å². The van der Waals surface area contributed by atoms with Crippen molar-refractivity contribution in [2.24, 2.45) is 5.41 Å². The summed E-state index contributed by atoms with van der Waals surface area (Å²) in [6, 6.07) is 4.60. The highest BCUT2D eigenvalue weighted by atomic mass is 32.2. The zero-order chi connectivity index (χ0) is 16.9. The summed E-state index contributed by atoms with van der Waals surface area (Å²) in [4.78, 5) is 11.3. The number of sulfonamides is 1. The van der Waals surface area contributed by atoms with Crippen LogP contribution in [0.1, 0.15) is 12.8 Å². The molecule has 3 rings (SSSR count). The first-order valence-electron chi connectivity index (χ1n) is 7.07. The van der Waals surface area contributed by atoms with Crippen LogP contribution in [0.25, 0.3) is 0 Å². The maximum Gasteiger partial charge on any atom is 0.262 e. The van der Waals surface area contributed by atoms with Gasteiger partial charge in [-0.25, -0.2) is 21.6 Å². The summed E-state index contributed by atoms with van der Waals surface area (Å²) in [5.74, 6) is -4.94. The van der Waals surface area contributed by atoms with E-state index in [4.69, 9.17) is 0 Å².